The van der Waals surface area contributed by atoms with E-state index < -0.39 is 0 Å². The molecule has 0 radical (unpaired) electrons. The van der Waals surface area contributed by atoms with Crippen molar-refractivity contribution in [3.05, 3.63) is 30.1 Å². The second kappa shape index (κ2) is 6.88. The second-order valence-electron chi connectivity index (χ2n) is 8.19. The highest BCUT2D eigenvalue weighted by Gasteiger charge is 2.42. The molecule has 1 N–H and O–H groups in total. The minimum absolute atomic E-state index is 0.0754. The first kappa shape index (κ1) is 18.2. The summed E-state index contributed by atoms with van der Waals surface area (Å²) < 4.78 is 12.7. The molecule has 4 heterocycles. The van der Waals surface area contributed by atoms with Gasteiger partial charge in [0.05, 0.1) is 32.2 Å². The van der Waals surface area contributed by atoms with Crippen molar-refractivity contribution >= 4 is 17.6 Å². The van der Waals surface area contributed by atoms with Gasteiger partial charge in [-0.1, -0.05) is 0 Å². The molecule has 0 unspecified atom stereocenters. The number of carbonyl (C=O) groups excluding carboxylic acids is 1. The summed E-state index contributed by atoms with van der Waals surface area (Å²) in [5.41, 5.74) is 4.13. The number of nitrogens with zero attached hydrogens (tertiary/aromatic N) is 4. The van der Waals surface area contributed by atoms with Crippen LogP contribution in [0.25, 0.3) is 11.1 Å². The lowest BCUT2D eigenvalue weighted by Gasteiger charge is -2.47. The average molecular weight is 395 g/mol. The van der Waals surface area contributed by atoms with Crippen molar-refractivity contribution < 1.29 is 14.3 Å². The van der Waals surface area contributed by atoms with Crippen LogP contribution >= 0.6 is 0 Å². The third-order valence-electron chi connectivity index (χ3n) is 6.25. The van der Waals surface area contributed by atoms with Crippen LogP contribution in [0, 0.1) is 5.41 Å². The van der Waals surface area contributed by atoms with E-state index in [1.165, 1.54) is 0 Å². The number of rotatable bonds is 2. The van der Waals surface area contributed by atoms with Crippen molar-refractivity contribution in [3.8, 4) is 16.9 Å². The van der Waals surface area contributed by atoms with Gasteiger partial charge in [0.25, 0.3) is 0 Å². The number of benzene rings is 1. The Morgan fingerprint density at radius 2 is 2.07 bits per heavy atom. The molecule has 1 aromatic heterocycles. The number of ether oxygens (including phenoxy) is 2. The van der Waals surface area contributed by atoms with E-state index in [1.54, 1.807) is 11.8 Å². The molecular formula is C21H25N5O3. The Balaban J connectivity index is 1.34. The molecule has 0 atom stereocenters. The maximum atomic E-state index is 12.8. The van der Waals surface area contributed by atoms with Crippen LogP contribution < -0.4 is 10.1 Å². The number of aliphatic imine (C=N–C) groups is 1. The third-order valence-corrected chi connectivity index (χ3v) is 6.25. The number of aromatic nitrogens is 2. The molecule has 1 aromatic carbocycles. The van der Waals surface area contributed by atoms with Crippen molar-refractivity contribution in [2.24, 2.45) is 17.5 Å². The zero-order valence-electron chi connectivity index (χ0n) is 16.8. The largest absolute Gasteiger partial charge is 0.496 e. The van der Waals surface area contributed by atoms with Crippen LogP contribution in [-0.4, -0.2) is 60.0 Å². The molecule has 8 heteroatoms. The summed E-state index contributed by atoms with van der Waals surface area (Å²) in [5, 5.41) is 7.29. The van der Waals surface area contributed by atoms with Crippen molar-refractivity contribution in [1.29, 1.82) is 0 Å². The number of nitrogens with one attached hydrogen (secondary N) is 1. The Hall–Kier alpha value is -2.87. The minimum Gasteiger partial charge on any atom is -0.496 e. The van der Waals surface area contributed by atoms with Crippen molar-refractivity contribution in [1.82, 2.24) is 20.0 Å². The van der Waals surface area contributed by atoms with E-state index >= 15 is 0 Å². The highest BCUT2D eigenvalue weighted by molar-refractivity contribution is 6.04. The predicted molar refractivity (Wildman–Crippen MR) is 109 cm³/mol. The van der Waals surface area contributed by atoms with E-state index in [0.717, 1.165) is 67.3 Å². The van der Waals surface area contributed by atoms with E-state index in [0.29, 0.717) is 17.7 Å². The second-order valence-corrected chi connectivity index (χ2v) is 8.19. The van der Waals surface area contributed by atoms with Crippen molar-refractivity contribution in [2.45, 2.75) is 19.3 Å². The molecule has 152 valence electrons. The molecule has 3 aliphatic rings. The van der Waals surface area contributed by atoms with E-state index in [2.05, 4.69) is 10.4 Å². The Morgan fingerprint density at radius 3 is 2.69 bits per heavy atom. The molecule has 0 bridgehead atoms. The number of carbonyl (C=O) groups is 1. The monoisotopic (exact) mass is 395 g/mol. The van der Waals surface area contributed by atoms with Crippen LogP contribution in [0.3, 0.4) is 0 Å². The van der Waals surface area contributed by atoms with Gasteiger partial charge in [-0.15, -0.1) is 0 Å². The zero-order chi connectivity index (χ0) is 20.0. The lowest BCUT2D eigenvalue weighted by atomic mass is 9.77. The molecule has 0 saturated carbocycles. The van der Waals surface area contributed by atoms with Crippen LogP contribution in [0.5, 0.6) is 5.75 Å². The predicted octanol–water partition coefficient (Wildman–Crippen LogP) is 2.50. The molecule has 8 nitrogen and oxygen atoms in total. The molecule has 0 aliphatic carbocycles. The summed E-state index contributed by atoms with van der Waals surface area (Å²) in [6.45, 7) is 3.20. The van der Waals surface area contributed by atoms with E-state index in [4.69, 9.17) is 14.5 Å². The highest BCUT2D eigenvalue weighted by Crippen LogP contribution is 2.42. The van der Waals surface area contributed by atoms with Gasteiger partial charge in [0, 0.05) is 54.9 Å². The lowest BCUT2D eigenvalue weighted by Crippen LogP contribution is -2.54. The zero-order valence-corrected chi connectivity index (χ0v) is 16.8. The van der Waals surface area contributed by atoms with E-state index in [1.807, 2.05) is 36.5 Å². The third kappa shape index (κ3) is 3.17. The number of methoxy groups -OCH3 is 1. The van der Waals surface area contributed by atoms with Gasteiger partial charge in [-0.25, -0.2) is 9.79 Å². The number of amides is 2. The van der Waals surface area contributed by atoms with Gasteiger partial charge in [-0.3, -0.25) is 10.00 Å². The maximum absolute atomic E-state index is 12.8. The molecular weight excluding hydrogens is 370 g/mol. The first-order chi connectivity index (χ1) is 14.1. The standard InChI is InChI=1S/C21H25N5O3/c1-25-11-14(10-22-25)15-3-4-17(28-2)16-9-18(23-19(15)16)24-20(27)26-7-5-21(6-8-26)12-29-13-21/h3-4,10-11H,5-9,12-13H2,1-2H3,(H,23,24,27). The van der Waals surface area contributed by atoms with Gasteiger partial charge in [-0.2, -0.15) is 5.10 Å². The molecule has 2 aromatic rings. The number of hydrogen-bond donors (Lipinski definition) is 1. The fourth-order valence-electron chi connectivity index (χ4n) is 4.38. The Morgan fingerprint density at radius 1 is 1.28 bits per heavy atom. The smallest absolute Gasteiger partial charge is 0.322 e. The summed E-state index contributed by atoms with van der Waals surface area (Å²) in [5.74, 6) is 1.44. The molecule has 2 fully saturated rings. The van der Waals surface area contributed by atoms with E-state index in [-0.39, 0.29) is 6.03 Å². The summed E-state index contributed by atoms with van der Waals surface area (Å²) in [6, 6.07) is 3.87. The molecule has 3 aliphatic heterocycles. The summed E-state index contributed by atoms with van der Waals surface area (Å²) in [7, 11) is 3.55. The average Bonchev–Trinajstić information content (AvgIpc) is 3.32. The summed E-state index contributed by atoms with van der Waals surface area (Å²) >= 11 is 0. The minimum atomic E-state index is -0.0754. The van der Waals surface area contributed by atoms with Gasteiger partial charge >= 0.3 is 6.03 Å². The highest BCUT2D eigenvalue weighted by atomic mass is 16.5. The number of urea groups is 1. The molecule has 5 rings (SSSR count). The fourth-order valence-corrected chi connectivity index (χ4v) is 4.38. The molecule has 1 spiro atoms. The Bertz CT molecular complexity index is 982. The number of hydrogen-bond acceptors (Lipinski definition) is 5. The van der Waals surface area contributed by atoms with Gasteiger partial charge in [-0.05, 0) is 25.0 Å². The number of piperidine rings is 1. The van der Waals surface area contributed by atoms with Gasteiger partial charge in [0.1, 0.15) is 11.6 Å². The van der Waals surface area contributed by atoms with E-state index in [9.17, 15) is 4.79 Å². The normalized spacial score (nSPS) is 19.5. The van der Waals surface area contributed by atoms with Crippen molar-refractivity contribution in [2.75, 3.05) is 33.4 Å². The SMILES string of the molecule is COc1ccc(-c2cnn(C)c2)c2c1CC(NC(=O)N1CCC3(CC1)COC3)=N2. The first-order valence-corrected chi connectivity index (χ1v) is 9.97. The van der Waals surface area contributed by atoms with Gasteiger partial charge in [0.2, 0.25) is 0 Å². The number of amidine groups is 1. The van der Waals surface area contributed by atoms with Gasteiger partial charge < -0.3 is 14.4 Å². The number of aryl methyl sites for hydroxylation is 1. The first-order valence-electron chi connectivity index (χ1n) is 9.97. The van der Waals surface area contributed by atoms with Crippen LogP contribution in [0.2, 0.25) is 0 Å². The molecule has 29 heavy (non-hydrogen) atoms. The van der Waals surface area contributed by atoms with Gasteiger partial charge in [0.15, 0.2) is 0 Å². The Labute approximate surface area is 169 Å². The topological polar surface area (TPSA) is 81.0 Å². The maximum Gasteiger partial charge on any atom is 0.322 e. The Kier molecular flexibility index (Phi) is 4.31. The van der Waals surface area contributed by atoms with Crippen LogP contribution in [-0.2, 0) is 18.2 Å². The van der Waals surface area contributed by atoms with Crippen LogP contribution in [0.1, 0.15) is 18.4 Å². The van der Waals surface area contributed by atoms with Crippen LogP contribution in [0.15, 0.2) is 29.5 Å². The van der Waals surface area contributed by atoms with Crippen LogP contribution in [0.4, 0.5) is 10.5 Å². The fraction of sp³-hybridized carbons (Fsp3) is 0.476. The molecule has 2 amide bonds. The molecule has 2 saturated heterocycles. The van der Waals surface area contributed by atoms with Crippen molar-refractivity contribution in [3.63, 3.8) is 0 Å². The lowest BCUT2D eigenvalue weighted by molar-refractivity contribution is -0.135. The quantitative estimate of drug-likeness (QED) is 0.847. The summed E-state index contributed by atoms with van der Waals surface area (Å²) in [6.07, 6.45) is 6.34. The number of fused-ring (bicyclic) bond motifs is 1. The number of likely N-dealkylation sites (tertiary alicyclic amines) is 1. The summed E-state index contributed by atoms with van der Waals surface area (Å²) in [4.78, 5) is 19.4.